The maximum Gasteiger partial charge on any atom is 0.123 e. The van der Waals surface area contributed by atoms with E-state index in [1.165, 1.54) is 11.1 Å². The maximum atomic E-state index is 5.82. The van der Waals surface area contributed by atoms with Crippen LogP contribution in [0.2, 0.25) is 0 Å². The zero-order chi connectivity index (χ0) is 11.7. The average molecular weight is 215 g/mol. The molecule has 0 bridgehead atoms. The first-order chi connectivity index (χ1) is 7.59. The van der Waals surface area contributed by atoms with Crippen LogP contribution in [0.1, 0.15) is 30.0 Å². The number of aromatic amines is 1. The van der Waals surface area contributed by atoms with Gasteiger partial charge < -0.3 is 10.7 Å². The second kappa shape index (κ2) is 4.10. The number of hydrogen-bond acceptors (Lipinski definition) is 2. The van der Waals surface area contributed by atoms with Crippen molar-refractivity contribution in [1.29, 1.82) is 0 Å². The van der Waals surface area contributed by atoms with Gasteiger partial charge in [-0.3, -0.25) is 0 Å². The SMILES string of the molecule is Cc1ccccc1-c1nc(C(C)N)[nH]c1C. The van der Waals surface area contributed by atoms with Crippen LogP contribution in [0.4, 0.5) is 0 Å². The second-order valence-electron chi connectivity index (χ2n) is 4.20. The fraction of sp³-hybridized carbons (Fsp3) is 0.308. The smallest absolute Gasteiger partial charge is 0.123 e. The first kappa shape index (κ1) is 10.9. The summed E-state index contributed by atoms with van der Waals surface area (Å²) in [6.07, 6.45) is 0. The Labute approximate surface area is 95.7 Å². The number of hydrogen-bond donors (Lipinski definition) is 2. The number of benzene rings is 1. The lowest BCUT2D eigenvalue weighted by molar-refractivity contribution is 0.754. The topological polar surface area (TPSA) is 54.7 Å². The molecule has 0 fully saturated rings. The Morgan fingerprint density at radius 1 is 1.25 bits per heavy atom. The average Bonchev–Trinajstić information content (AvgIpc) is 2.61. The van der Waals surface area contributed by atoms with E-state index in [9.17, 15) is 0 Å². The van der Waals surface area contributed by atoms with Gasteiger partial charge in [0.25, 0.3) is 0 Å². The van der Waals surface area contributed by atoms with Crippen LogP contribution in [-0.4, -0.2) is 9.97 Å². The fourth-order valence-electron chi connectivity index (χ4n) is 1.80. The number of nitrogens with one attached hydrogen (secondary N) is 1. The van der Waals surface area contributed by atoms with Crippen molar-refractivity contribution in [2.45, 2.75) is 26.8 Å². The molecule has 1 atom stereocenters. The van der Waals surface area contributed by atoms with Gasteiger partial charge in [0.15, 0.2) is 0 Å². The van der Waals surface area contributed by atoms with E-state index >= 15 is 0 Å². The lowest BCUT2D eigenvalue weighted by Gasteiger charge is -2.02. The van der Waals surface area contributed by atoms with Crippen LogP contribution in [0.3, 0.4) is 0 Å². The zero-order valence-electron chi connectivity index (χ0n) is 9.91. The first-order valence-electron chi connectivity index (χ1n) is 5.47. The van der Waals surface area contributed by atoms with Crippen molar-refractivity contribution in [3.05, 3.63) is 41.3 Å². The molecule has 3 heteroatoms. The van der Waals surface area contributed by atoms with Gasteiger partial charge >= 0.3 is 0 Å². The highest BCUT2D eigenvalue weighted by Crippen LogP contribution is 2.25. The summed E-state index contributed by atoms with van der Waals surface area (Å²) in [7, 11) is 0. The molecule has 84 valence electrons. The molecule has 1 aromatic carbocycles. The second-order valence-corrected chi connectivity index (χ2v) is 4.20. The van der Waals surface area contributed by atoms with Crippen LogP contribution >= 0.6 is 0 Å². The van der Waals surface area contributed by atoms with Gasteiger partial charge in [0.05, 0.1) is 11.7 Å². The van der Waals surface area contributed by atoms with Crippen molar-refractivity contribution in [3.63, 3.8) is 0 Å². The van der Waals surface area contributed by atoms with E-state index in [0.717, 1.165) is 17.2 Å². The van der Waals surface area contributed by atoms with Gasteiger partial charge in [0, 0.05) is 11.3 Å². The summed E-state index contributed by atoms with van der Waals surface area (Å²) in [5.74, 6) is 0.843. The molecule has 3 N–H and O–H groups in total. The highest BCUT2D eigenvalue weighted by molar-refractivity contribution is 5.65. The van der Waals surface area contributed by atoms with Gasteiger partial charge in [0.2, 0.25) is 0 Å². The van der Waals surface area contributed by atoms with Crippen molar-refractivity contribution >= 4 is 0 Å². The molecule has 0 saturated heterocycles. The van der Waals surface area contributed by atoms with Crippen LogP contribution in [0.25, 0.3) is 11.3 Å². The van der Waals surface area contributed by atoms with Gasteiger partial charge in [-0.2, -0.15) is 0 Å². The number of rotatable bonds is 2. The third kappa shape index (κ3) is 1.86. The molecular weight excluding hydrogens is 198 g/mol. The Hall–Kier alpha value is -1.61. The van der Waals surface area contributed by atoms with Crippen molar-refractivity contribution in [3.8, 4) is 11.3 Å². The third-order valence-corrected chi connectivity index (χ3v) is 2.73. The van der Waals surface area contributed by atoms with E-state index in [0.29, 0.717) is 0 Å². The lowest BCUT2D eigenvalue weighted by Crippen LogP contribution is -2.06. The van der Waals surface area contributed by atoms with Crippen molar-refractivity contribution in [2.75, 3.05) is 0 Å². The van der Waals surface area contributed by atoms with Crippen molar-refractivity contribution < 1.29 is 0 Å². The van der Waals surface area contributed by atoms with E-state index in [-0.39, 0.29) is 6.04 Å². The van der Waals surface area contributed by atoms with E-state index < -0.39 is 0 Å². The number of aromatic nitrogens is 2. The molecule has 0 aliphatic rings. The molecule has 1 heterocycles. The van der Waals surface area contributed by atoms with Gasteiger partial charge in [-0.15, -0.1) is 0 Å². The molecule has 0 saturated carbocycles. The van der Waals surface area contributed by atoms with Gasteiger partial charge in [0.1, 0.15) is 5.82 Å². The van der Waals surface area contributed by atoms with E-state index in [1.54, 1.807) is 0 Å². The quantitative estimate of drug-likeness (QED) is 0.809. The molecule has 0 radical (unpaired) electrons. The minimum absolute atomic E-state index is 0.0588. The van der Waals surface area contributed by atoms with Gasteiger partial charge in [-0.05, 0) is 26.3 Å². The fourth-order valence-corrected chi connectivity index (χ4v) is 1.80. The van der Waals surface area contributed by atoms with Crippen molar-refractivity contribution in [2.24, 2.45) is 5.73 Å². The Kier molecular flexibility index (Phi) is 2.79. The van der Waals surface area contributed by atoms with E-state index in [4.69, 9.17) is 5.73 Å². The summed E-state index contributed by atoms with van der Waals surface area (Å²) < 4.78 is 0. The molecule has 1 aromatic heterocycles. The molecule has 2 rings (SSSR count). The molecule has 1 unspecified atom stereocenters. The van der Waals surface area contributed by atoms with Crippen LogP contribution in [0, 0.1) is 13.8 Å². The Bertz CT molecular complexity index is 498. The molecule has 3 nitrogen and oxygen atoms in total. The molecule has 0 amide bonds. The molecular formula is C13H17N3. The summed E-state index contributed by atoms with van der Waals surface area (Å²) in [6, 6.07) is 8.18. The number of imidazole rings is 1. The lowest BCUT2D eigenvalue weighted by atomic mass is 10.1. The molecule has 0 aliphatic carbocycles. The molecule has 0 aliphatic heterocycles. The van der Waals surface area contributed by atoms with Crippen LogP contribution in [0.5, 0.6) is 0 Å². The van der Waals surface area contributed by atoms with Crippen LogP contribution in [-0.2, 0) is 0 Å². The molecule has 16 heavy (non-hydrogen) atoms. The minimum atomic E-state index is -0.0588. The normalized spacial score (nSPS) is 12.8. The predicted octanol–water partition coefficient (Wildman–Crippen LogP) is 2.71. The monoisotopic (exact) mass is 215 g/mol. The maximum absolute atomic E-state index is 5.82. The number of H-pyrrole nitrogens is 1. The number of nitrogens with zero attached hydrogens (tertiary/aromatic N) is 1. The van der Waals surface area contributed by atoms with Gasteiger partial charge in [-0.1, -0.05) is 24.3 Å². The highest BCUT2D eigenvalue weighted by Gasteiger charge is 2.12. The van der Waals surface area contributed by atoms with Gasteiger partial charge in [-0.25, -0.2) is 4.98 Å². The first-order valence-corrected chi connectivity index (χ1v) is 5.47. The summed E-state index contributed by atoms with van der Waals surface area (Å²) in [5, 5.41) is 0. The largest absolute Gasteiger partial charge is 0.344 e. The minimum Gasteiger partial charge on any atom is -0.344 e. The number of nitrogens with two attached hydrogens (primary N) is 1. The third-order valence-electron chi connectivity index (χ3n) is 2.73. The molecule has 2 aromatic rings. The van der Waals surface area contributed by atoms with Crippen LogP contribution in [0.15, 0.2) is 24.3 Å². The highest BCUT2D eigenvalue weighted by atomic mass is 15.0. The van der Waals surface area contributed by atoms with Crippen LogP contribution < -0.4 is 5.73 Å². The summed E-state index contributed by atoms with van der Waals surface area (Å²) >= 11 is 0. The Balaban J connectivity index is 2.52. The molecule has 0 spiro atoms. The number of aryl methyl sites for hydroxylation is 2. The summed E-state index contributed by atoms with van der Waals surface area (Å²) in [4.78, 5) is 7.79. The zero-order valence-corrected chi connectivity index (χ0v) is 9.91. The van der Waals surface area contributed by atoms with E-state index in [2.05, 4.69) is 29.0 Å². The standard InChI is InChI=1S/C13H17N3/c1-8-6-4-5-7-11(8)12-10(3)15-13(16-12)9(2)14/h4-7,9H,14H2,1-3H3,(H,15,16). The Morgan fingerprint density at radius 3 is 2.50 bits per heavy atom. The van der Waals surface area contributed by atoms with E-state index in [1.807, 2.05) is 26.0 Å². The predicted molar refractivity (Wildman–Crippen MR) is 66.1 cm³/mol. The summed E-state index contributed by atoms with van der Waals surface area (Å²) in [5.41, 5.74) is 10.3. The van der Waals surface area contributed by atoms with Crippen molar-refractivity contribution in [1.82, 2.24) is 9.97 Å². The summed E-state index contributed by atoms with van der Waals surface area (Å²) in [6.45, 7) is 6.05. The Morgan fingerprint density at radius 2 is 1.94 bits per heavy atom.